The van der Waals surface area contributed by atoms with E-state index in [4.69, 9.17) is 14.2 Å². The van der Waals surface area contributed by atoms with Gasteiger partial charge in [-0.05, 0) is 39.3 Å². The van der Waals surface area contributed by atoms with Gasteiger partial charge in [-0.25, -0.2) is 4.98 Å². The second-order valence-corrected chi connectivity index (χ2v) is 6.73. The van der Waals surface area contributed by atoms with Crippen molar-refractivity contribution in [2.24, 2.45) is 0 Å². The minimum absolute atomic E-state index is 0.179. The molecule has 140 valence electrons. The largest absolute Gasteiger partial charge is 0.491 e. The average molecular weight is 357 g/mol. The summed E-state index contributed by atoms with van der Waals surface area (Å²) in [4.78, 5) is 11.4. The van der Waals surface area contributed by atoms with Crippen molar-refractivity contribution in [1.29, 1.82) is 0 Å². The number of nitrogens with zero attached hydrogens (tertiary/aromatic N) is 3. The lowest BCUT2D eigenvalue weighted by Gasteiger charge is -2.24. The molecule has 1 fully saturated rings. The average Bonchev–Trinajstić information content (AvgIpc) is 3.08. The number of aryl methyl sites for hydroxylation is 2. The molecule has 2 unspecified atom stereocenters. The van der Waals surface area contributed by atoms with Crippen LogP contribution in [0.3, 0.4) is 0 Å². The van der Waals surface area contributed by atoms with E-state index in [1.807, 2.05) is 38.1 Å². The number of aromatic nitrogens is 2. The molecule has 0 radical (unpaired) electrons. The highest BCUT2D eigenvalue weighted by Gasteiger charge is 2.29. The number of pyridine rings is 2. The maximum absolute atomic E-state index is 6.19. The second-order valence-electron chi connectivity index (χ2n) is 6.73. The third-order valence-electron chi connectivity index (χ3n) is 4.77. The van der Waals surface area contributed by atoms with Gasteiger partial charge >= 0.3 is 0 Å². The zero-order chi connectivity index (χ0) is 18.7. The first-order chi connectivity index (χ1) is 12.5. The Bertz CT molecular complexity index is 746. The molecule has 0 spiro atoms. The molecule has 26 heavy (non-hydrogen) atoms. The molecule has 1 saturated heterocycles. The molecule has 3 rings (SSSR count). The standard InChI is InChI=1S/C20H27N3O3/c1-13-10-17(11-14(2)21-13)26-16-8-9-23(12-16)15(3)18-6-7-19(24-4)20(22-18)25-5/h6-7,10-11,15-16H,8-9,12H2,1-5H3. The first kappa shape index (κ1) is 18.5. The number of methoxy groups -OCH3 is 2. The predicted octanol–water partition coefficient (Wildman–Crippen LogP) is 3.32. The minimum Gasteiger partial charge on any atom is -0.491 e. The van der Waals surface area contributed by atoms with Crippen molar-refractivity contribution >= 4 is 0 Å². The van der Waals surface area contributed by atoms with Crippen molar-refractivity contribution in [3.8, 4) is 17.4 Å². The highest BCUT2D eigenvalue weighted by atomic mass is 16.5. The molecule has 1 aliphatic heterocycles. The molecule has 6 heteroatoms. The van der Waals surface area contributed by atoms with Crippen molar-refractivity contribution in [2.75, 3.05) is 27.3 Å². The molecular weight excluding hydrogens is 330 g/mol. The van der Waals surface area contributed by atoms with E-state index in [-0.39, 0.29) is 12.1 Å². The maximum Gasteiger partial charge on any atom is 0.257 e. The van der Waals surface area contributed by atoms with Crippen molar-refractivity contribution in [3.63, 3.8) is 0 Å². The summed E-state index contributed by atoms with van der Waals surface area (Å²) in [6.45, 7) is 8.00. The number of hydrogen-bond donors (Lipinski definition) is 0. The van der Waals surface area contributed by atoms with Crippen LogP contribution in [0.1, 0.15) is 36.5 Å². The quantitative estimate of drug-likeness (QED) is 0.790. The van der Waals surface area contributed by atoms with Crippen LogP contribution in [0.2, 0.25) is 0 Å². The fourth-order valence-corrected chi connectivity index (χ4v) is 3.42. The summed E-state index contributed by atoms with van der Waals surface area (Å²) in [5.41, 5.74) is 2.94. The summed E-state index contributed by atoms with van der Waals surface area (Å²) in [6.07, 6.45) is 1.18. The molecular formula is C20H27N3O3. The van der Waals surface area contributed by atoms with Gasteiger partial charge in [0.1, 0.15) is 11.9 Å². The van der Waals surface area contributed by atoms with Gasteiger partial charge in [0.2, 0.25) is 0 Å². The molecule has 0 aliphatic carbocycles. The van der Waals surface area contributed by atoms with Crippen LogP contribution >= 0.6 is 0 Å². The van der Waals surface area contributed by atoms with E-state index >= 15 is 0 Å². The van der Waals surface area contributed by atoms with Crippen molar-refractivity contribution in [1.82, 2.24) is 14.9 Å². The molecule has 2 atom stereocenters. The Balaban J connectivity index is 1.66. The zero-order valence-electron chi connectivity index (χ0n) is 16.2. The smallest absolute Gasteiger partial charge is 0.257 e. The lowest BCUT2D eigenvalue weighted by molar-refractivity contribution is 0.181. The fourth-order valence-electron chi connectivity index (χ4n) is 3.42. The normalized spacial score (nSPS) is 18.6. The van der Waals surface area contributed by atoms with Gasteiger partial charge in [0.15, 0.2) is 5.75 Å². The SMILES string of the molecule is COc1ccc(C(C)N2CCC(Oc3cc(C)nc(C)c3)C2)nc1OC. The van der Waals surface area contributed by atoms with Gasteiger partial charge in [-0.1, -0.05) is 0 Å². The number of ether oxygens (including phenoxy) is 3. The van der Waals surface area contributed by atoms with Crippen LogP contribution in [-0.4, -0.2) is 48.3 Å². The van der Waals surface area contributed by atoms with Gasteiger partial charge in [0, 0.05) is 42.7 Å². The maximum atomic E-state index is 6.19. The first-order valence-electron chi connectivity index (χ1n) is 8.95. The van der Waals surface area contributed by atoms with E-state index in [9.17, 15) is 0 Å². The van der Waals surface area contributed by atoms with Crippen LogP contribution < -0.4 is 14.2 Å². The van der Waals surface area contributed by atoms with Crippen LogP contribution in [0.5, 0.6) is 17.4 Å². The lowest BCUT2D eigenvalue weighted by Crippen LogP contribution is -2.28. The summed E-state index contributed by atoms with van der Waals surface area (Å²) in [5.74, 6) is 2.07. The third kappa shape index (κ3) is 4.07. The second kappa shape index (κ2) is 7.91. The van der Waals surface area contributed by atoms with Gasteiger partial charge < -0.3 is 14.2 Å². The van der Waals surface area contributed by atoms with Gasteiger partial charge in [-0.3, -0.25) is 9.88 Å². The van der Waals surface area contributed by atoms with Crippen LogP contribution in [-0.2, 0) is 0 Å². The van der Waals surface area contributed by atoms with Crippen molar-refractivity contribution in [2.45, 2.75) is 39.3 Å². The van der Waals surface area contributed by atoms with Gasteiger partial charge in [-0.15, -0.1) is 0 Å². The van der Waals surface area contributed by atoms with Crippen LogP contribution in [0.4, 0.5) is 0 Å². The lowest BCUT2D eigenvalue weighted by atomic mass is 10.2. The highest BCUT2D eigenvalue weighted by molar-refractivity contribution is 5.35. The summed E-state index contributed by atoms with van der Waals surface area (Å²) in [6, 6.07) is 8.08. The summed E-state index contributed by atoms with van der Waals surface area (Å²) in [7, 11) is 3.23. The molecule has 2 aromatic heterocycles. The van der Waals surface area contributed by atoms with E-state index in [1.54, 1.807) is 14.2 Å². The number of hydrogen-bond acceptors (Lipinski definition) is 6. The van der Waals surface area contributed by atoms with Crippen LogP contribution in [0.15, 0.2) is 24.3 Å². The van der Waals surface area contributed by atoms with E-state index in [2.05, 4.69) is 21.8 Å². The molecule has 0 amide bonds. The number of likely N-dealkylation sites (tertiary alicyclic amines) is 1. The van der Waals surface area contributed by atoms with Crippen LogP contribution in [0, 0.1) is 13.8 Å². The molecule has 0 aromatic carbocycles. The topological polar surface area (TPSA) is 56.7 Å². The molecule has 0 bridgehead atoms. The minimum atomic E-state index is 0.179. The van der Waals surface area contributed by atoms with Gasteiger partial charge in [0.05, 0.1) is 19.9 Å². The fraction of sp³-hybridized carbons (Fsp3) is 0.500. The Morgan fingerprint density at radius 1 is 1.08 bits per heavy atom. The molecule has 0 saturated carbocycles. The Hall–Kier alpha value is -2.34. The molecule has 0 N–H and O–H groups in total. The summed E-state index contributed by atoms with van der Waals surface area (Å²) < 4.78 is 16.8. The Labute approximate surface area is 155 Å². The molecule has 6 nitrogen and oxygen atoms in total. The molecule has 3 heterocycles. The summed E-state index contributed by atoms with van der Waals surface area (Å²) in [5, 5.41) is 0. The third-order valence-corrected chi connectivity index (χ3v) is 4.77. The van der Waals surface area contributed by atoms with E-state index < -0.39 is 0 Å². The first-order valence-corrected chi connectivity index (χ1v) is 8.95. The van der Waals surface area contributed by atoms with E-state index in [1.165, 1.54) is 0 Å². The zero-order valence-corrected chi connectivity index (χ0v) is 16.2. The monoisotopic (exact) mass is 357 g/mol. The summed E-state index contributed by atoms with van der Waals surface area (Å²) >= 11 is 0. The highest BCUT2D eigenvalue weighted by Crippen LogP contribution is 2.30. The van der Waals surface area contributed by atoms with E-state index in [0.717, 1.165) is 42.3 Å². The van der Waals surface area contributed by atoms with Crippen LogP contribution in [0.25, 0.3) is 0 Å². The number of rotatable bonds is 6. The molecule has 1 aliphatic rings. The predicted molar refractivity (Wildman–Crippen MR) is 100 cm³/mol. The van der Waals surface area contributed by atoms with Gasteiger partial charge in [0.25, 0.3) is 5.88 Å². The van der Waals surface area contributed by atoms with E-state index in [0.29, 0.717) is 11.6 Å². The molecule has 2 aromatic rings. The Kier molecular flexibility index (Phi) is 5.61. The Morgan fingerprint density at radius 2 is 1.81 bits per heavy atom. The van der Waals surface area contributed by atoms with Gasteiger partial charge in [-0.2, -0.15) is 0 Å². The Morgan fingerprint density at radius 3 is 2.46 bits per heavy atom. The van der Waals surface area contributed by atoms with Crippen molar-refractivity contribution in [3.05, 3.63) is 41.3 Å². The van der Waals surface area contributed by atoms with Crippen molar-refractivity contribution < 1.29 is 14.2 Å².